The summed E-state index contributed by atoms with van der Waals surface area (Å²) in [6, 6.07) is 19.7. The van der Waals surface area contributed by atoms with Crippen LogP contribution in [0.2, 0.25) is 5.15 Å². The van der Waals surface area contributed by atoms with E-state index < -0.39 is 0 Å². The van der Waals surface area contributed by atoms with Crippen LogP contribution < -0.4 is 0 Å². The molecule has 1 heterocycles. The summed E-state index contributed by atoms with van der Waals surface area (Å²) in [6.07, 6.45) is 0. The Labute approximate surface area is 140 Å². The zero-order valence-electron chi connectivity index (χ0n) is 10.8. The Morgan fingerprint density at radius 2 is 1.71 bits per heavy atom. The summed E-state index contributed by atoms with van der Waals surface area (Å²) in [5.74, 6) is 0.639. The average Bonchev–Trinajstić information content (AvgIpc) is 2.47. The molecule has 0 aliphatic rings. The maximum Gasteiger partial charge on any atom is 0.162 e. The fourth-order valence-corrected chi connectivity index (χ4v) is 3.49. The van der Waals surface area contributed by atoms with E-state index in [9.17, 15) is 0 Å². The zero-order valence-corrected chi connectivity index (χ0v) is 14.0. The molecule has 0 fully saturated rings. The summed E-state index contributed by atoms with van der Waals surface area (Å²) >= 11 is 11.2. The second-order valence-corrected chi connectivity index (χ2v) is 6.67. The van der Waals surface area contributed by atoms with Crippen LogP contribution in [0, 0.1) is 0 Å². The Hall–Kier alpha value is -1.36. The molecule has 0 bridgehead atoms. The molecule has 0 saturated heterocycles. The van der Waals surface area contributed by atoms with Gasteiger partial charge >= 0.3 is 0 Å². The molecule has 0 aliphatic carbocycles. The summed E-state index contributed by atoms with van der Waals surface area (Å²) in [6.45, 7) is 0. The first-order valence-corrected chi connectivity index (χ1v) is 8.23. The van der Waals surface area contributed by atoms with E-state index in [1.54, 1.807) is 17.8 Å². The molecule has 1 aromatic heterocycles. The van der Waals surface area contributed by atoms with Crippen LogP contribution in [0.25, 0.3) is 11.4 Å². The molecule has 0 aliphatic heterocycles. The van der Waals surface area contributed by atoms with Gasteiger partial charge < -0.3 is 0 Å². The van der Waals surface area contributed by atoms with Crippen LogP contribution in [-0.4, -0.2) is 9.97 Å². The van der Waals surface area contributed by atoms with E-state index in [4.69, 9.17) is 11.6 Å². The molecule has 0 radical (unpaired) electrons. The summed E-state index contributed by atoms with van der Waals surface area (Å²) in [5.41, 5.74) is 0.955. The van der Waals surface area contributed by atoms with Crippen molar-refractivity contribution in [2.75, 3.05) is 0 Å². The number of benzene rings is 2. The van der Waals surface area contributed by atoms with E-state index in [2.05, 4.69) is 25.9 Å². The molecule has 2 aromatic carbocycles. The molecule has 2 nitrogen and oxygen atoms in total. The maximum atomic E-state index is 6.12. The highest BCUT2D eigenvalue weighted by atomic mass is 79.9. The Morgan fingerprint density at radius 1 is 0.905 bits per heavy atom. The maximum absolute atomic E-state index is 6.12. The second-order valence-electron chi connectivity index (χ2n) is 4.28. The number of nitrogens with zero attached hydrogens (tertiary/aromatic N) is 2. The van der Waals surface area contributed by atoms with Crippen molar-refractivity contribution >= 4 is 39.3 Å². The Balaban J connectivity index is 1.95. The molecule has 0 N–H and O–H groups in total. The highest BCUT2D eigenvalue weighted by Gasteiger charge is 2.07. The van der Waals surface area contributed by atoms with Gasteiger partial charge in [0.25, 0.3) is 0 Å². The molecule has 0 atom stereocenters. The van der Waals surface area contributed by atoms with E-state index >= 15 is 0 Å². The molecular weight excluding hydrogens is 368 g/mol. The minimum atomic E-state index is 0.446. The predicted octanol–water partition coefficient (Wildman–Crippen LogP) is 5.71. The fraction of sp³-hybridized carbons (Fsp3) is 0. The first-order chi connectivity index (χ1) is 10.2. The van der Waals surface area contributed by atoms with Gasteiger partial charge in [-0.25, -0.2) is 9.97 Å². The van der Waals surface area contributed by atoms with Crippen LogP contribution in [0.15, 0.2) is 75.1 Å². The van der Waals surface area contributed by atoms with Gasteiger partial charge in [-0.1, -0.05) is 75.7 Å². The number of hydrogen-bond donors (Lipinski definition) is 0. The third-order valence-electron chi connectivity index (χ3n) is 2.72. The topological polar surface area (TPSA) is 25.8 Å². The van der Waals surface area contributed by atoms with Crippen molar-refractivity contribution in [3.8, 4) is 11.4 Å². The summed E-state index contributed by atoms with van der Waals surface area (Å²) in [7, 11) is 0. The molecule has 0 saturated carbocycles. The molecule has 0 spiro atoms. The van der Waals surface area contributed by atoms with Crippen LogP contribution in [0.5, 0.6) is 0 Å². The molecule has 3 rings (SSSR count). The molecule has 21 heavy (non-hydrogen) atoms. The van der Waals surface area contributed by atoms with Gasteiger partial charge in [-0.15, -0.1) is 0 Å². The SMILES string of the molecule is Clc1cc(Sc2cccc(Br)c2)nc(-c2ccccc2)n1. The minimum absolute atomic E-state index is 0.446. The molecule has 3 aromatic rings. The lowest BCUT2D eigenvalue weighted by Gasteiger charge is -2.05. The van der Waals surface area contributed by atoms with Crippen LogP contribution in [-0.2, 0) is 0 Å². The van der Waals surface area contributed by atoms with Crippen LogP contribution in [0.3, 0.4) is 0 Å². The molecule has 104 valence electrons. The van der Waals surface area contributed by atoms with Gasteiger partial charge in [0.2, 0.25) is 0 Å². The van der Waals surface area contributed by atoms with E-state index in [0.29, 0.717) is 11.0 Å². The van der Waals surface area contributed by atoms with Gasteiger partial charge in [-0.05, 0) is 18.2 Å². The number of aromatic nitrogens is 2. The smallest absolute Gasteiger partial charge is 0.162 e. The normalized spacial score (nSPS) is 10.6. The van der Waals surface area contributed by atoms with Gasteiger partial charge in [-0.2, -0.15) is 0 Å². The lowest BCUT2D eigenvalue weighted by molar-refractivity contribution is 1.06. The first kappa shape index (κ1) is 14.6. The highest BCUT2D eigenvalue weighted by molar-refractivity contribution is 9.10. The average molecular weight is 378 g/mol. The van der Waals surface area contributed by atoms with Crippen molar-refractivity contribution in [2.24, 2.45) is 0 Å². The number of rotatable bonds is 3. The van der Waals surface area contributed by atoms with Crippen LogP contribution >= 0.6 is 39.3 Å². The lowest BCUT2D eigenvalue weighted by Crippen LogP contribution is -1.91. The minimum Gasteiger partial charge on any atom is -0.221 e. The number of hydrogen-bond acceptors (Lipinski definition) is 3. The molecule has 0 amide bonds. The molecular formula is C16H10BrClN2S. The van der Waals surface area contributed by atoms with Gasteiger partial charge in [0.1, 0.15) is 10.2 Å². The summed E-state index contributed by atoms with van der Waals surface area (Å²) in [5, 5.41) is 1.27. The van der Waals surface area contributed by atoms with E-state index in [1.165, 1.54) is 0 Å². The van der Waals surface area contributed by atoms with Gasteiger partial charge in [0.15, 0.2) is 5.82 Å². The van der Waals surface area contributed by atoms with Crippen molar-refractivity contribution in [3.05, 3.63) is 70.3 Å². The fourth-order valence-electron chi connectivity index (χ4n) is 1.82. The van der Waals surface area contributed by atoms with Crippen molar-refractivity contribution in [1.29, 1.82) is 0 Å². The van der Waals surface area contributed by atoms with Gasteiger partial charge in [0, 0.05) is 21.0 Å². The van der Waals surface area contributed by atoms with Crippen molar-refractivity contribution in [3.63, 3.8) is 0 Å². The molecule has 0 unspecified atom stereocenters. The van der Waals surface area contributed by atoms with Crippen molar-refractivity contribution in [2.45, 2.75) is 9.92 Å². The van der Waals surface area contributed by atoms with Gasteiger partial charge in [0.05, 0.1) is 0 Å². The lowest BCUT2D eigenvalue weighted by atomic mass is 10.2. The summed E-state index contributed by atoms with van der Waals surface area (Å²) in [4.78, 5) is 9.97. The van der Waals surface area contributed by atoms with Crippen LogP contribution in [0.4, 0.5) is 0 Å². The van der Waals surface area contributed by atoms with E-state index in [0.717, 1.165) is 20.0 Å². The monoisotopic (exact) mass is 376 g/mol. The Morgan fingerprint density at radius 3 is 2.48 bits per heavy atom. The van der Waals surface area contributed by atoms with E-state index in [-0.39, 0.29) is 0 Å². The largest absolute Gasteiger partial charge is 0.221 e. The second kappa shape index (κ2) is 6.60. The van der Waals surface area contributed by atoms with Crippen molar-refractivity contribution in [1.82, 2.24) is 9.97 Å². The van der Waals surface area contributed by atoms with E-state index in [1.807, 2.05) is 54.6 Å². The number of halogens is 2. The van der Waals surface area contributed by atoms with Crippen molar-refractivity contribution < 1.29 is 0 Å². The standard InChI is InChI=1S/C16H10BrClN2S/c17-12-7-4-8-13(9-12)21-15-10-14(18)19-16(20-15)11-5-2-1-3-6-11/h1-10H. The first-order valence-electron chi connectivity index (χ1n) is 6.24. The third kappa shape index (κ3) is 3.84. The quantitative estimate of drug-likeness (QED) is 0.547. The molecule has 5 heteroatoms. The van der Waals surface area contributed by atoms with Gasteiger partial charge in [-0.3, -0.25) is 0 Å². The predicted molar refractivity (Wildman–Crippen MR) is 90.7 cm³/mol. The Bertz CT molecular complexity index is 765. The third-order valence-corrected chi connectivity index (χ3v) is 4.32. The zero-order chi connectivity index (χ0) is 14.7. The highest BCUT2D eigenvalue weighted by Crippen LogP contribution is 2.30. The Kier molecular flexibility index (Phi) is 4.58. The van der Waals surface area contributed by atoms with Crippen LogP contribution in [0.1, 0.15) is 0 Å². The summed E-state index contributed by atoms with van der Waals surface area (Å²) < 4.78 is 1.04.